The molecule has 20 heavy (non-hydrogen) atoms. The van der Waals surface area contributed by atoms with Gasteiger partial charge in [-0.15, -0.1) is 0 Å². The molecule has 2 N–H and O–H groups in total. The zero-order chi connectivity index (χ0) is 15.2. The highest BCUT2D eigenvalue weighted by molar-refractivity contribution is 6.31. The monoisotopic (exact) mass is 302 g/mol. The number of anilines is 1. The summed E-state index contributed by atoms with van der Waals surface area (Å²) in [4.78, 5) is 11.4. The lowest BCUT2D eigenvalue weighted by Gasteiger charge is -2.19. The lowest BCUT2D eigenvalue weighted by Crippen LogP contribution is -2.33. The molecule has 112 valence electrons. The number of benzene rings is 1. The van der Waals surface area contributed by atoms with Crippen molar-refractivity contribution in [3.8, 4) is 0 Å². The van der Waals surface area contributed by atoms with E-state index in [1.165, 1.54) is 6.07 Å². The molecule has 1 rings (SSSR count). The number of nitrogens with one attached hydrogen (secondary N) is 2. The predicted molar refractivity (Wildman–Crippen MR) is 78.8 cm³/mol. The van der Waals surface area contributed by atoms with Gasteiger partial charge in [-0.2, -0.15) is 0 Å². The van der Waals surface area contributed by atoms with E-state index in [2.05, 4.69) is 10.6 Å². The molecule has 0 saturated carbocycles. The molecule has 0 unspecified atom stereocenters. The van der Waals surface area contributed by atoms with Crippen LogP contribution >= 0.6 is 11.6 Å². The maximum atomic E-state index is 13.5. The molecular formula is C14H20ClFN2O2. The van der Waals surface area contributed by atoms with E-state index in [9.17, 15) is 9.18 Å². The lowest BCUT2D eigenvalue weighted by atomic mass is 10.2. The van der Waals surface area contributed by atoms with Crippen molar-refractivity contribution in [3.05, 3.63) is 29.0 Å². The minimum absolute atomic E-state index is 0.0851. The molecule has 1 aromatic carbocycles. The van der Waals surface area contributed by atoms with Crippen LogP contribution in [0.5, 0.6) is 0 Å². The van der Waals surface area contributed by atoms with Gasteiger partial charge in [0.25, 0.3) is 0 Å². The van der Waals surface area contributed by atoms with Crippen molar-refractivity contribution in [3.63, 3.8) is 0 Å². The Kier molecular flexibility index (Phi) is 6.07. The number of alkyl carbamates (subject to hydrolysis) is 1. The summed E-state index contributed by atoms with van der Waals surface area (Å²) in [5.41, 5.74) is -0.151. The molecule has 0 radical (unpaired) electrons. The quantitative estimate of drug-likeness (QED) is 0.813. The first-order valence-corrected chi connectivity index (χ1v) is 6.82. The van der Waals surface area contributed by atoms with E-state index in [-0.39, 0.29) is 5.02 Å². The van der Waals surface area contributed by atoms with Gasteiger partial charge in [-0.25, -0.2) is 9.18 Å². The zero-order valence-corrected chi connectivity index (χ0v) is 12.7. The molecule has 6 heteroatoms. The highest BCUT2D eigenvalue weighted by Crippen LogP contribution is 2.21. The van der Waals surface area contributed by atoms with Crippen LogP contribution in [0.2, 0.25) is 5.02 Å². The zero-order valence-electron chi connectivity index (χ0n) is 11.9. The Bertz CT molecular complexity index is 461. The normalized spacial score (nSPS) is 11.1. The van der Waals surface area contributed by atoms with E-state index >= 15 is 0 Å². The summed E-state index contributed by atoms with van der Waals surface area (Å²) in [5.74, 6) is -0.464. The van der Waals surface area contributed by atoms with Crippen LogP contribution in [0.1, 0.15) is 27.2 Å². The Labute approximate surface area is 123 Å². The number of rotatable bonds is 5. The predicted octanol–water partition coefficient (Wildman–Crippen LogP) is 3.81. The van der Waals surface area contributed by atoms with Crippen LogP contribution in [0, 0.1) is 5.82 Å². The van der Waals surface area contributed by atoms with Crippen LogP contribution in [-0.4, -0.2) is 24.8 Å². The third kappa shape index (κ3) is 6.10. The minimum atomic E-state index is -0.508. The van der Waals surface area contributed by atoms with Crippen molar-refractivity contribution in [2.45, 2.75) is 32.8 Å². The summed E-state index contributed by atoms with van der Waals surface area (Å²) >= 11 is 5.67. The number of carbonyl (C=O) groups is 1. The van der Waals surface area contributed by atoms with Gasteiger partial charge in [0.15, 0.2) is 5.82 Å². The molecular weight excluding hydrogens is 283 g/mol. The second-order valence-corrected chi connectivity index (χ2v) is 5.72. The Morgan fingerprint density at radius 3 is 2.70 bits per heavy atom. The van der Waals surface area contributed by atoms with Gasteiger partial charge in [-0.05, 0) is 39.3 Å². The fourth-order valence-corrected chi connectivity index (χ4v) is 1.63. The molecule has 0 saturated heterocycles. The molecule has 0 spiro atoms. The highest BCUT2D eigenvalue weighted by Gasteiger charge is 2.15. The molecule has 0 bridgehead atoms. The van der Waals surface area contributed by atoms with E-state index < -0.39 is 17.5 Å². The second kappa shape index (κ2) is 7.33. The summed E-state index contributed by atoms with van der Waals surface area (Å²) in [7, 11) is 0. The third-order valence-corrected chi connectivity index (χ3v) is 2.58. The fraction of sp³-hybridized carbons (Fsp3) is 0.500. The maximum Gasteiger partial charge on any atom is 0.407 e. The van der Waals surface area contributed by atoms with E-state index in [4.69, 9.17) is 16.3 Å². The van der Waals surface area contributed by atoms with Gasteiger partial charge in [0.2, 0.25) is 0 Å². The van der Waals surface area contributed by atoms with E-state index in [0.29, 0.717) is 25.2 Å². The SMILES string of the molecule is CC(C)(C)OC(=O)NCCCNc1cccc(Cl)c1F. The summed E-state index contributed by atoms with van der Waals surface area (Å²) in [6, 6.07) is 4.78. The van der Waals surface area contributed by atoms with Gasteiger partial charge >= 0.3 is 6.09 Å². The summed E-state index contributed by atoms with van der Waals surface area (Å²) in [5, 5.41) is 5.64. The molecule has 0 heterocycles. The van der Waals surface area contributed by atoms with E-state index in [1.807, 2.05) is 0 Å². The fourth-order valence-electron chi connectivity index (χ4n) is 1.46. The Hall–Kier alpha value is -1.49. The van der Waals surface area contributed by atoms with Crippen LogP contribution in [0.4, 0.5) is 14.9 Å². The van der Waals surface area contributed by atoms with Gasteiger partial charge in [0, 0.05) is 13.1 Å². The molecule has 0 fully saturated rings. The van der Waals surface area contributed by atoms with Crippen molar-refractivity contribution in [1.29, 1.82) is 0 Å². The average Bonchev–Trinajstić information content (AvgIpc) is 2.31. The van der Waals surface area contributed by atoms with Gasteiger partial charge in [-0.3, -0.25) is 0 Å². The summed E-state index contributed by atoms with van der Waals surface area (Å²) in [6.07, 6.45) is 0.192. The lowest BCUT2D eigenvalue weighted by molar-refractivity contribution is 0.0528. The van der Waals surface area contributed by atoms with Crippen molar-refractivity contribution >= 4 is 23.4 Å². The number of hydrogen-bond acceptors (Lipinski definition) is 3. The first-order chi connectivity index (χ1) is 9.29. The molecule has 1 amide bonds. The Morgan fingerprint density at radius 2 is 2.05 bits per heavy atom. The van der Waals surface area contributed by atoms with Crippen molar-refractivity contribution in [2.24, 2.45) is 0 Å². The minimum Gasteiger partial charge on any atom is -0.444 e. The molecule has 0 aliphatic heterocycles. The Balaban J connectivity index is 2.23. The summed E-state index contributed by atoms with van der Waals surface area (Å²) < 4.78 is 18.6. The number of ether oxygens (including phenoxy) is 1. The number of halogens is 2. The molecule has 0 atom stereocenters. The number of amides is 1. The van der Waals surface area contributed by atoms with Crippen LogP contribution in [0.25, 0.3) is 0 Å². The Morgan fingerprint density at radius 1 is 1.35 bits per heavy atom. The summed E-state index contributed by atoms with van der Waals surface area (Å²) in [6.45, 7) is 6.37. The van der Waals surface area contributed by atoms with Crippen LogP contribution < -0.4 is 10.6 Å². The van der Waals surface area contributed by atoms with Gasteiger partial charge in [0.05, 0.1) is 10.7 Å². The largest absolute Gasteiger partial charge is 0.444 e. The molecule has 0 aliphatic carbocycles. The molecule has 0 aromatic heterocycles. The second-order valence-electron chi connectivity index (χ2n) is 5.31. The first kappa shape index (κ1) is 16.6. The number of carbonyl (C=O) groups excluding carboxylic acids is 1. The van der Waals surface area contributed by atoms with Gasteiger partial charge < -0.3 is 15.4 Å². The smallest absolute Gasteiger partial charge is 0.407 e. The average molecular weight is 303 g/mol. The van der Waals surface area contributed by atoms with Crippen LogP contribution in [0.15, 0.2) is 18.2 Å². The van der Waals surface area contributed by atoms with Crippen LogP contribution in [-0.2, 0) is 4.74 Å². The topological polar surface area (TPSA) is 50.4 Å². The van der Waals surface area contributed by atoms with E-state index in [0.717, 1.165) is 0 Å². The van der Waals surface area contributed by atoms with Crippen molar-refractivity contribution < 1.29 is 13.9 Å². The van der Waals surface area contributed by atoms with Crippen molar-refractivity contribution in [1.82, 2.24) is 5.32 Å². The third-order valence-electron chi connectivity index (χ3n) is 2.29. The standard InChI is InChI=1S/C14H20ClFN2O2/c1-14(2,3)20-13(19)18-9-5-8-17-11-7-4-6-10(15)12(11)16/h4,6-7,17H,5,8-9H2,1-3H3,(H,18,19). The van der Waals surface area contributed by atoms with E-state index in [1.54, 1.807) is 32.9 Å². The van der Waals surface area contributed by atoms with Gasteiger partial charge in [-0.1, -0.05) is 17.7 Å². The first-order valence-electron chi connectivity index (χ1n) is 6.44. The van der Waals surface area contributed by atoms with Gasteiger partial charge in [0.1, 0.15) is 5.60 Å². The van der Waals surface area contributed by atoms with Crippen molar-refractivity contribution in [2.75, 3.05) is 18.4 Å². The molecule has 4 nitrogen and oxygen atoms in total. The molecule has 0 aliphatic rings. The number of hydrogen-bond donors (Lipinski definition) is 2. The highest BCUT2D eigenvalue weighted by atomic mass is 35.5. The van der Waals surface area contributed by atoms with Crippen LogP contribution in [0.3, 0.4) is 0 Å². The molecule has 1 aromatic rings. The maximum absolute atomic E-state index is 13.5.